The number of rotatable bonds is 3. The second kappa shape index (κ2) is 19.0. The first-order valence-electron chi connectivity index (χ1n) is 13.6. The molecule has 3 saturated carbocycles. The SMILES string of the molecule is CC.CC.CC.CC.CC1CCC(C(C2CCC(C)C2)C2CCCC2C)CC1. The van der Waals surface area contributed by atoms with E-state index in [1.165, 1.54) is 32.1 Å². The molecule has 172 valence electrons. The third-order valence-electron chi connectivity index (χ3n) is 7.31. The van der Waals surface area contributed by atoms with Crippen LogP contribution in [0.2, 0.25) is 0 Å². The minimum Gasteiger partial charge on any atom is -0.0683 e. The van der Waals surface area contributed by atoms with Gasteiger partial charge >= 0.3 is 0 Å². The summed E-state index contributed by atoms with van der Waals surface area (Å²) in [7, 11) is 0. The molecule has 0 saturated heterocycles. The fourth-order valence-corrected chi connectivity index (χ4v) is 6.10. The van der Waals surface area contributed by atoms with Crippen molar-refractivity contribution in [2.45, 2.75) is 140 Å². The highest BCUT2D eigenvalue weighted by molar-refractivity contribution is 4.92. The van der Waals surface area contributed by atoms with Crippen LogP contribution in [0.4, 0.5) is 0 Å². The summed E-state index contributed by atoms with van der Waals surface area (Å²) in [5.74, 6) is 7.42. The molecule has 0 amide bonds. The Bertz CT molecular complexity index is 299. The topological polar surface area (TPSA) is 0 Å². The van der Waals surface area contributed by atoms with Crippen molar-refractivity contribution < 1.29 is 0 Å². The second-order valence-corrected chi connectivity index (χ2v) is 8.85. The Kier molecular flexibility index (Phi) is 20.5. The highest BCUT2D eigenvalue weighted by Crippen LogP contribution is 2.51. The molecule has 0 radical (unpaired) electrons. The molecule has 0 N–H and O–H groups in total. The van der Waals surface area contributed by atoms with E-state index in [0.29, 0.717) is 0 Å². The molecule has 3 aliphatic carbocycles. The lowest BCUT2D eigenvalue weighted by Gasteiger charge is -2.41. The molecular weight excluding hydrogens is 336 g/mol. The summed E-state index contributed by atoms with van der Waals surface area (Å²) in [6, 6.07) is 0. The maximum atomic E-state index is 2.56. The maximum absolute atomic E-state index is 2.56. The molecule has 5 atom stereocenters. The lowest BCUT2D eigenvalue weighted by molar-refractivity contribution is 0.0826. The van der Waals surface area contributed by atoms with Crippen LogP contribution in [0.1, 0.15) is 140 Å². The average molecular weight is 397 g/mol. The van der Waals surface area contributed by atoms with E-state index in [4.69, 9.17) is 0 Å². The van der Waals surface area contributed by atoms with Crippen molar-refractivity contribution in [3.05, 3.63) is 0 Å². The summed E-state index contributed by atoms with van der Waals surface area (Å²) >= 11 is 0. The summed E-state index contributed by atoms with van der Waals surface area (Å²) < 4.78 is 0. The van der Waals surface area contributed by atoms with Gasteiger partial charge in [-0.2, -0.15) is 0 Å². The Morgan fingerprint density at radius 2 is 0.964 bits per heavy atom. The smallest absolute Gasteiger partial charge is 0.0326 e. The van der Waals surface area contributed by atoms with Gasteiger partial charge in [0.2, 0.25) is 0 Å². The quantitative estimate of drug-likeness (QED) is 0.445. The van der Waals surface area contributed by atoms with E-state index in [1.807, 2.05) is 55.4 Å². The second-order valence-electron chi connectivity index (χ2n) is 8.85. The van der Waals surface area contributed by atoms with Crippen LogP contribution in [0.3, 0.4) is 0 Å². The van der Waals surface area contributed by atoms with Gasteiger partial charge in [-0.3, -0.25) is 0 Å². The first-order chi connectivity index (χ1) is 13.6. The molecule has 3 fully saturated rings. The lowest BCUT2D eigenvalue weighted by Crippen LogP contribution is -2.33. The highest BCUT2D eigenvalue weighted by Gasteiger charge is 2.42. The van der Waals surface area contributed by atoms with Gasteiger partial charge in [-0.15, -0.1) is 0 Å². The molecule has 0 nitrogen and oxygen atoms in total. The third-order valence-corrected chi connectivity index (χ3v) is 7.31. The van der Waals surface area contributed by atoms with E-state index >= 15 is 0 Å². The third kappa shape index (κ3) is 9.67. The maximum Gasteiger partial charge on any atom is -0.0326 e. The Labute approximate surface area is 182 Å². The van der Waals surface area contributed by atoms with E-state index < -0.39 is 0 Å². The predicted octanol–water partition coefficient (Wildman–Crippen LogP) is 10.4. The van der Waals surface area contributed by atoms with E-state index in [9.17, 15) is 0 Å². The van der Waals surface area contributed by atoms with Gasteiger partial charge in [-0.1, -0.05) is 108 Å². The van der Waals surface area contributed by atoms with Crippen molar-refractivity contribution in [3.8, 4) is 0 Å². The van der Waals surface area contributed by atoms with Crippen molar-refractivity contribution in [1.82, 2.24) is 0 Å². The summed E-state index contributed by atoms with van der Waals surface area (Å²) in [4.78, 5) is 0. The zero-order valence-electron chi connectivity index (χ0n) is 22.1. The highest BCUT2D eigenvalue weighted by atomic mass is 14.5. The minimum absolute atomic E-state index is 1.01. The molecule has 0 aromatic carbocycles. The normalized spacial score (nSPS) is 34.8. The molecule has 0 spiro atoms. The zero-order chi connectivity index (χ0) is 22.1. The summed E-state index contributed by atoms with van der Waals surface area (Å²) in [5.41, 5.74) is 0. The molecule has 0 heteroatoms. The van der Waals surface area contributed by atoms with Crippen LogP contribution in [0.15, 0.2) is 0 Å². The molecule has 3 rings (SSSR count). The van der Waals surface area contributed by atoms with Crippen molar-refractivity contribution in [1.29, 1.82) is 0 Å². The Morgan fingerprint density at radius 1 is 0.500 bits per heavy atom. The van der Waals surface area contributed by atoms with Crippen LogP contribution in [0.25, 0.3) is 0 Å². The molecule has 28 heavy (non-hydrogen) atoms. The summed E-state index contributed by atoms with van der Waals surface area (Å²) in [5, 5.41) is 0. The van der Waals surface area contributed by atoms with Gasteiger partial charge in [0, 0.05) is 0 Å². The van der Waals surface area contributed by atoms with Crippen LogP contribution in [-0.2, 0) is 0 Å². The standard InChI is InChI=1S/C20H36.4C2H6/c1-14-7-10-17(11-8-14)20(18-12-9-15(2)13-18)19-6-4-5-16(19)3;4*1-2/h14-20H,4-13H2,1-3H3;4*1-2H3. The summed E-state index contributed by atoms with van der Waals surface area (Å²) in [6.07, 6.45) is 15.4. The van der Waals surface area contributed by atoms with Crippen LogP contribution in [-0.4, -0.2) is 0 Å². The largest absolute Gasteiger partial charge is 0.0683 e. The molecule has 0 aromatic heterocycles. The first kappa shape index (κ1) is 30.2. The number of hydrogen-bond acceptors (Lipinski definition) is 0. The molecule has 0 heterocycles. The number of hydrogen-bond donors (Lipinski definition) is 0. The van der Waals surface area contributed by atoms with Gasteiger partial charge in [0.25, 0.3) is 0 Å². The Hall–Kier alpha value is 0. The van der Waals surface area contributed by atoms with Crippen LogP contribution >= 0.6 is 0 Å². The van der Waals surface area contributed by atoms with Gasteiger partial charge in [-0.25, -0.2) is 0 Å². The predicted molar refractivity (Wildman–Crippen MR) is 133 cm³/mol. The molecule has 0 bridgehead atoms. The molecule has 3 aliphatic rings. The van der Waals surface area contributed by atoms with Crippen molar-refractivity contribution in [3.63, 3.8) is 0 Å². The van der Waals surface area contributed by atoms with Gasteiger partial charge < -0.3 is 0 Å². The molecule has 0 aliphatic heterocycles. The Balaban J connectivity index is 0. The fourth-order valence-electron chi connectivity index (χ4n) is 6.10. The fraction of sp³-hybridized carbons (Fsp3) is 1.00. The zero-order valence-corrected chi connectivity index (χ0v) is 22.1. The van der Waals surface area contributed by atoms with E-state index in [0.717, 1.165) is 41.4 Å². The van der Waals surface area contributed by atoms with Crippen molar-refractivity contribution >= 4 is 0 Å². The van der Waals surface area contributed by atoms with Crippen LogP contribution < -0.4 is 0 Å². The monoisotopic (exact) mass is 396 g/mol. The van der Waals surface area contributed by atoms with Crippen LogP contribution in [0.5, 0.6) is 0 Å². The van der Waals surface area contributed by atoms with E-state index in [1.54, 1.807) is 32.1 Å². The van der Waals surface area contributed by atoms with Gasteiger partial charge in [-0.05, 0) is 73.5 Å². The van der Waals surface area contributed by atoms with Gasteiger partial charge in [0.05, 0.1) is 0 Å². The van der Waals surface area contributed by atoms with E-state index in [2.05, 4.69) is 20.8 Å². The van der Waals surface area contributed by atoms with Gasteiger partial charge in [0.1, 0.15) is 0 Å². The average Bonchev–Trinajstić information content (AvgIpc) is 3.38. The Morgan fingerprint density at radius 3 is 1.36 bits per heavy atom. The van der Waals surface area contributed by atoms with Crippen molar-refractivity contribution in [2.24, 2.45) is 41.4 Å². The van der Waals surface area contributed by atoms with E-state index in [-0.39, 0.29) is 0 Å². The van der Waals surface area contributed by atoms with Gasteiger partial charge in [0.15, 0.2) is 0 Å². The lowest BCUT2D eigenvalue weighted by atomic mass is 9.64. The van der Waals surface area contributed by atoms with Crippen molar-refractivity contribution in [2.75, 3.05) is 0 Å². The molecular formula is C28H60. The molecule has 5 unspecified atom stereocenters. The molecule has 0 aromatic rings. The minimum atomic E-state index is 1.01. The van der Waals surface area contributed by atoms with Crippen LogP contribution in [0, 0.1) is 41.4 Å². The summed E-state index contributed by atoms with van der Waals surface area (Å²) in [6.45, 7) is 23.5. The first-order valence-corrected chi connectivity index (χ1v) is 13.6.